The van der Waals surface area contributed by atoms with Crippen molar-refractivity contribution in [3.05, 3.63) is 43.0 Å². The van der Waals surface area contributed by atoms with E-state index in [-0.39, 0.29) is 18.2 Å². The molecule has 0 saturated heterocycles. The second-order valence-corrected chi connectivity index (χ2v) is 5.99. The average Bonchev–Trinajstić information content (AvgIpc) is 3.07. The van der Waals surface area contributed by atoms with Crippen LogP contribution in [0.25, 0.3) is 0 Å². The maximum Gasteiger partial charge on any atom is 0.317 e. The summed E-state index contributed by atoms with van der Waals surface area (Å²) in [5, 5.41) is 2.97. The van der Waals surface area contributed by atoms with Gasteiger partial charge in [-0.2, -0.15) is 0 Å². The highest BCUT2D eigenvalue weighted by Gasteiger charge is 2.24. The predicted molar refractivity (Wildman–Crippen MR) is 89.2 cm³/mol. The van der Waals surface area contributed by atoms with Crippen molar-refractivity contribution in [1.82, 2.24) is 19.8 Å². The van der Waals surface area contributed by atoms with Crippen molar-refractivity contribution in [3.63, 3.8) is 0 Å². The lowest BCUT2D eigenvalue weighted by Gasteiger charge is -2.30. The van der Waals surface area contributed by atoms with Crippen molar-refractivity contribution < 1.29 is 14.3 Å². The number of amides is 2. The third kappa shape index (κ3) is 3.98. The molecule has 1 aromatic heterocycles. The number of carbonyl (C=O) groups excluding carboxylic acids is 1. The molecule has 2 aromatic rings. The molecule has 7 nitrogen and oxygen atoms in total. The van der Waals surface area contributed by atoms with Crippen LogP contribution in [0.2, 0.25) is 0 Å². The standard InChI is InChI=1S/C17H22N4O3/c1-13(9-21-8-7-18-12-21)19-17(22)20(2)10-14-11-23-15-5-3-4-6-16(15)24-14/h3-8,12-14H,9-11H2,1-2H3,(H,19,22)/t13-,14-/m1/s1. The van der Waals surface area contributed by atoms with Crippen LogP contribution in [0.15, 0.2) is 43.0 Å². The number of ether oxygens (including phenoxy) is 2. The molecule has 2 atom stereocenters. The number of benzene rings is 1. The first-order chi connectivity index (χ1) is 11.6. The van der Waals surface area contributed by atoms with Gasteiger partial charge in [0.05, 0.1) is 12.9 Å². The smallest absolute Gasteiger partial charge is 0.317 e. The number of aromatic nitrogens is 2. The number of carbonyl (C=O) groups is 1. The molecule has 0 unspecified atom stereocenters. The number of rotatable bonds is 5. The molecule has 1 aromatic carbocycles. The van der Waals surface area contributed by atoms with E-state index in [0.29, 0.717) is 19.7 Å². The highest BCUT2D eigenvalue weighted by molar-refractivity contribution is 5.74. The summed E-state index contributed by atoms with van der Waals surface area (Å²) < 4.78 is 13.5. The number of hydrogen-bond acceptors (Lipinski definition) is 4. The third-order valence-electron chi connectivity index (χ3n) is 3.81. The summed E-state index contributed by atoms with van der Waals surface area (Å²) in [6.07, 6.45) is 5.15. The van der Waals surface area contributed by atoms with Crippen LogP contribution in [0.4, 0.5) is 4.79 Å². The zero-order valence-corrected chi connectivity index (χ0v) is 13.9. The molecular weight excluding hydrogens is 308 g/mol. The van der Waals surface area contributed by atoms with Crippen LogP contribution in [0, 0.1) is 0 Å². The van der Waals surface area contributed by atoms with Gasteiger partial charge in [-0.25, -0.2) is 9.78 Å². The Balaban J connectivity index is 1.48. The molecule has 0 aliphatic carbocycles. The van der Waals surface area contributed by atoms with Crippen LogP contribution in [0.5, 0.6) is 11.5 Å². The second-order valence-electron chi connectivity index (χ2n) is 5.99. The van der Waals surface area contributed by atoms with E-state index < -0.39 is 0 Å². The first-order valence-electron chi connectivity index (χ1n) is 7.97. The average molecular weight is 330 g/mol. The third-order valence-corrected chi connectivity index (χ3v) is 3.81. The van der Waals surface area contributed by atoms with Crippen LogP contribution in [0.3, 0.4) is 0 Å². The van der Waals surface area contributed by atoms with Gasteiger partial charge in [0, 0.05) is 32.0 Å². The van der Waals surface area contributed by atoms with E-state index in [0.717, 1.165) is 11.5 Å². The number of hydrogen-bond donors (Lipinski definition) is 1. The van der Waals surface area contributed by atoms with E-state index in [1.165, 1.54) is 0 Å². The van der Waals surface area contributed by atoms with E-state index in [4.69, 9.17) is 9.47 Å². The lowest BCUT2D eigenvalue weighted by atomic mass is 10.2. The van der Waals surface area contributed by atoms with E-state index >= 15 is 0 Å². The largest absolute Gasteiger partial charge is 0.486 e. The summed E-state index contributed by atoms with van der Waals surface area (Å²) in [6, 6.07) is 7.42. The van der Waals surface area contributed by atoms with Crippen molar-refractivity contribution in [2.75, 3.05) is 20.2 Å². The fourth-order valence-electron chi connectivity index (χ4n) is 2.62. The Kier molecular flexibility index (Phi) is 4.88. The van der Waals surface area contributed by atoms with Gasteiger partial charge in [-0.15, -0.1) is 0 Å². The van der Waals surface area contributed by atoms with Crippen LogP contribution < -0.4 is 14.8 Å². The molecule has 0 radical (unpaired) electrons. The van der Waals surface area contributed by atoms with Crippen molar-refractivity contribution >= 4 is 6.03 Å². The molecule has 3 rings (SSSR count). The summed E-state index contributed by atoms with van der Waals surface area (Å²) in [5.41, 5.74) is 0. The molecule has 128 valence electrons. The fraction of sp³-hybridized carbons (Fsp3) is 0.412. The summed E-state index contributed by atoms with van der Waals surface area (Å²) in [7, 11) is 1.75. The Morgan fingerprint density at radius 1 is 1.46 bits per heavy atom. The van der Waals surface area contributed by atoms with Crippen molar-refractivity contribution in [3.8, 4) is 11.5 Å². The molecule has 24 heavy (non-hydrogen) atoms. The molecule has 7 heteroatoms. The molecule has 1 aliphatic heterocycles. The van der Waals surface area contributed by atoms with E-state index in [1.807, 2.05) is 42.0 Å². The quantitative estimate of drug-likeness (QED) is 0.907. The summed E-state index contributed by atoms with van der Waals surface area (Å²) in [5.74, 6) is 1.46. The normalized spacial score (nSPS) is 17.2. The summed E-state index contributed by atoms with van der Waals surface area (Å²) in [6.45, 7) is 3.52. The Labute approximate surface area is 141 Å². The number of nitrogens with one attached hydrogen (secondary N) is 1. The topological polar surface area (TPSA) is 68.6 Å². The summed E-state index contributed by atoms with van der Waals surface area (Å²) in [4.78, 5) is 17.9. The van der Waals surface area contributed by atoms with Gasteiger partial charge in [-0.1, -0.05) is 12.1 Å². The highest BCUT2D eigenvalue weighted by Crippen LogP contribution is 2.30. The fourth-order valence-corrected chi connectivity index (χ4v) is 2.62. The van der Waals surface area contributed by atoms with Crippen LogP contribution in [0.1, 0.15) is 6.92 Å². The minimum atomic E-state index is -0.181. The van der Waals surface area contributed by atoms with Gasteiger partial charge >= 0.3 is 6.03 Å². The number of imidazole rings is 1. The Hall–Kier alpha value is -2.70. The maximum absolute atomic E-state index is 12.3. The van der Waals surface area contributed by atoms with Gasteiger partial charge in [0.1, 0.15) is 6.61 Å². The predicted octanol–water partition coefficient (Wildman–Crippen LogP) is 1.75. The monoisotopic (exact) mass is 330 g/mol. The lowest BCUT2D eigenvalue weighted by molar-refractivity contribution is 0.0712. The SMILES string of the molecule is C[C@H](Cn1ccnc1)NC(=O)N(C)C[C@@H]1COc2ccccc2O1. The van der Waals surface area contributed by atoms with Crippen molar-refractivity contribution in [2.24, 2.45) is 0 Å². The van der Waals surface area contributed by atoms with Crippen LogP contribution in [-0.4, -0.2) is 52.8 Å². The molecule has 0 spiro atoms. The molecule has 0 saturated carbocycles. The molecule has 1 N–H and O–H groups in total. The van der Waals surface area contributed by atoms with Gasteiger partial charge in [0.25, 0.3) is 0 Å². The van der Waals surface area contributed by atoms with Crippen LogP contribution >= 0.6 is 0 Å². The zero-order chi connectivity index (χ0) is 16.9. The molecule has 2 amide bonds. The number of likely N-dealkylation sites (N-methyl/N-ethyl adjacent to an activating group) is 1. The van der Waals surface area contributed by atoms with Crippen molar-refractivity contribution in [2.45, 2.75) is 25.6 Å². The van der Waals surface area contributed by atoms with Crippen LogP contribution in [-0.2, 0) is 6.54 Å². The lowest BCUT2D eigenvalue weighted by Crippen LogP contribution is -2.48. The van der Waals surface area contributed by atoms with Crippen molar-refractivity contribution in [1.29, 1.82) is 0 Å². The van der Waals surface area contributed by atoms with Gasteiger partial charge in [-0.3, -0.25) is 0 Å². The highest BCUT2D eigenvalue weighted by atomic mass is 16.6. The van der Waals surface area contributed by atoms with Gasteiger partial charge in [0.2, 0.25) is 0 Å². The number of para-hydroxylation sites is 2. The molecule has 0 fully saturated rings. The van der Waals surface area contributed by atoms with E-state index in [2.05, 4.69) is 10.3 Å². The molecule has 1 aliphatic rings. The Morgan fingerprint density at radius 2 is 2.25 bits per heavy atom. The molecule has 2 heterocycles. The second kappa shape index (κ2) is 7.25. The van der Waals surface area contributed by atoms with Gasteiger partial charge in [0.15, 0.2) is 17.6 Å². The molecule has 0 bridgehead atoms. The zero-order valence-electron chi connectivity index (χ0n) is 13.9. The summed E-state index contributed by atoms with van der Waals surface area (Å²) >= 11 is 0. The Bertz CT molecular complexity index is 674. The first-order valence-corrected chi connectivity index (χ1v) is 7.97. The molecular formula is C17H22N4O3. The van der Waals surface area contributed by atoms with Gasteiger partial charge < -0.3 is 24.3 Å². The first kappa shape index (κ1) is 16.2. The van der Waals surface area contributed by atoms with Gasteiger partial charge in [-0.05, 0) is 19.1 Å². The number of nitrogens with zero attached hydrogens (tertiary/aromatic N) is 3. The minimum absolute atomic E-state index is 0.00148. The maximum atomic E-state index is 12.3. The van der Waals surface area contributed by atoms with E-state index in [1.54, 1.807) is 24.5 Å². The minimum Gasteiger partial charge on any atom is -0.486 e. The number of fused-ring (bicyclic) bond motifs is 1. The van der Waals surface area contributed by atoms with E-state index in [9.17, 15) is 4.79 Å². The Morgan fingerprint density at radius 3 is 3.00 bits per heavy atom. The number of urea groups is 1.